The Kier molecular flexibility index (Phi) is 5.33. The quantitative estimate of drug-likeness (QED) is 0.790. The summed E-state index contributed by atoms with van der Waals surface area (Å²) in [5, 5.41) is 8.44. The first kappa shape index (κ1) is 18.8. The number of amides is 1. The molecule has 29 heavy (non-hydrogen) atoms. The van der Waals surface area contributed by atoms with Gasteiger partial charge in [0.15, 0.2) is 0 Å². The number of rotatable bonds is 4. The lowest BCUT2D eigenvalue weighted by atomic mass is 9.94. The monoisotopic (exact) mass is 396 g/mol. The van der Waals surface area contributed by atoms with Crippen molar-refractivity contribution in [2.75, 3.05) is 32.8 Å². The fraction of sp³-hybridized carbons (Fsp3) is 0.591. The number of hydrogen-bond acceptors (Lipinski definition) is 6. The number of piperidine rings is 1. The maximum Gasteiger partial charge on any atom is 0.230 e. The minimum absolute atomic E-state index is 0.0552. The first-order chi connectivity index (χ1) is 14.3. The molecule has 0 saturated carbocycles. The van der Waals surface area contributed by atoms with Crippen LogP contribution in [0.4, 0.5) is 0 Å². The molecule has 0 bridgehead atoms. The number of carbonyl (C=O) groups excluding carboxylic acids is 1. The van der Waals surface area contributed by atoms with E-state index in [1.165, 1.54) is 11.1 Å². The lowest BCUT2D eigenvalue weighted by Gasteiger charge is -2.36. The van der Waals surface area contributed by atoms with Gasteiger partial charge in [-0.1, -0.05) is 24.3 Å². The number of carbonyl (C=O) groups is 1. The molecular weight excluding hydrogens is 368 g/mol. The second kappa shape index (κ2) is 8.24. The number of hydrogen-bond donors (Lipinski definition) is 0. The minimum atomic E-state index is 0.0552. The Balaban J connectivity index is 1.19. The number of benzene rings is 1. The molecule has 1 aromatic heterocycles. The van der Waals surface area contributed by atoms with Gasteiger partial charge in [0.1, 0.15) is 0 Å². The number of fused-ring (bicyclic) bond motifs is 1. The van der Waals surface area contributed by atoms with Crippen LogP contribution in [0.15, 0.2) is 28.7 Å². The van der Waals surface area contributed by atoms with Gasteiger partial charge in [0.2, 0.25) is 17.7 Å². The summed E-state index contributed by atoms with van der Waals surface area (Å²) >= 11 is 0. The normalized spacial score (nSPS) is 25.2. The van der Waals surface area contributed by atoms with Crippen molar-refractivity contribution in [3.63, 3.8) is 0 Å². The van der Waals surface area contributed by atoms with E-state index < -0.39 is 0 Å². The van der Waals surface area contributed by atoms with Crippen LogP contribution in [-0.2, 0) is 29.0 Å². The van der Waals surface area contributed by atoms with Gasteiger partial charge in [0, 0.05) is 26.2 Å². The average Bonchev–Trinajstić information content (AvgIpc) is 3.45. The molecular formula is C22H28N4O3. The molecule has 5 rings (SSSR count). The molecule has 2 unspecified atom stereocenters. The Bertz CT molecular complexity index is 861. The SMILES string of the molecule is O=C(C1CCCN(Cc2nnc(C3CCOC3)o2)C1)N1CCc2ccccc2C1. The van der Waals surface area contributed by atoms with Gasteiger partial charge in [-0.05, 0) is 43.4 Å². The molecule has 0 aliphatic carbocycles. The van der Waals surface area contributed by atoms with Gasteiger partial charge in [-0.25, -0.2) is 0 Å². The highest BCUT2D eigenvalue weighted by atomic mass is 16.5. The zero-order valence-corrected chi connectivity index (χ0v) is 16.8. The Morgan fingerprint density at radius 1 is 1.14 bits per heavy atom. The fourth-order valence-electron chi connectivity index (χ4n) is 4.76. The van der Waals surface area contributed by atoms with Crippen LogP contribution in [-0.4, -0.2) is 58.8 Å². The summed E-state index contributed by atoms with van der Waals surface area (Å²) in [5.41, 5.74) is 2.66. The molecule has 0 N–H and O–H groups in total. The average molecular weight is 396 g/mol. The second-order valence-electron chi connectivity index (χ2n) is 8.45. The zero-order valence-electron chi connectivity index (χ0n) is 16.8. The van der Waals surface area contributed by atoms with Crippen LogP contribution in [0, 0.1) is 5.92 Å². The Morgan fingerprint density at radius 2 is 2.03 bits per heavy atom. The van der Waals surface area contributed by atoms with E-state index in [4.69, 9.17) is 9.15 Å². The predicted molar refractivity (Wildman–Crippen MR) is 106 cm³/mol. The van der Waals surface area contributed by atoms with E-state index >= 15 is 0 Å². The first-order valence-electron chi connectivity index (χ1n) is 10.7. The van der Waals surface area contributed by atoms with E-state index in [1.807, 2.05) is 4.90 Å². The molecule has 2 saturated heterocycles. The topological polar surface area (TPSA) is 71.7 Å². The highest BCUT2D eigenvalue weighted by Crippen LogP contribution is 2.26. The van der Waals surface area contributed by atoms with Crippen LogP contribution in [0.2, 0.25) is 0 Å². The minimum Gasteiger partial charge on any atom is -0.423 e. The standard InChI is InChI=1S/C22H28N4O3/c27-22(26-10-7-16-4-1-2-5-17(16)13-26)18-6-3-9-25(12-18)14-20-23-24-21(29-20)19-8-11-28-15-19/h1-2,4-5,18-19H,3,6-15H2. The fourth-order valence-corrected chi connectivity index (χ4v) is 4.76. The van der Waals surface area contributed by atoms with Gasteiger partial charge in [-0.3, -0.25) is 9.69 Å². The third-order valence-corrected chi connectivity index (χ3v) is 6.42. The molecule has 1 aromatic carbocycles. The van der Waals surface area contributed by atoms with Gasteiger partial charge in [-0.2, -0.15) is 0 Å². The number of nitrogens with zero attached hydrogens (tertiary/aromatic N) is 4. The van der Waals surface area contributed by atoms with Gasteiger partial charge < -0.3 is 14.1 Å². The van der Waals surface area contributed by atoms with Crippen LogP contribution in [0.25, 0.3) is 0 Å². The third kappa shape index (κ3) is 4.07. The molecule has 1 amide bonds. The summed E-state index contributed by atoms with van der Waals surface area (Å²) in [7, 11) is 0. The van der Waals surface area contributed by atoms with Gasteiger partial charge >= 0.3 is 0 Å². The van der Waals surface area contributed by atoms with Crippen molar-refractivity contribution in [1.82, 2.24) is 20.0 Å². The Labute approximate surface area is 171 Å². The van der Waals surface area contributed by atoms with Crippen LogP contribution in [0.3, 0.4) is 0 Å². The molecule has 4 heterocycles. The summed E-state index contributed by atoms with van der Waals surface area (Å²) in [4.78, 5) is 17.5. The van der Waals surface area contributed by atoms with Gasteiger partial charge in [0.05, 0.1) is 25.0 Å². The maximum atomic E-state index is 13.2. The van der Waals surface area contributed by atoms with Crippen LogP contribution in [0.1, 0.15) is 48.1 Å². The molecule has 0 spiro atoms. The lowest BCUT2D eigenvalue weighted by Crippen LogP contribution is -2.46. The first-order valence-corrected chi connectivity index (χ1v) is 10.7. The molecule has 2 aromatic rings. The smallest absolute Gasteiger partial charge is 0.230 e. The molecule has 154 valence electrons. The molecule has 3 aliphatic rings. The molecule has 3 aliphatic heterocycles. The number of ether oxygens (including phenoxy) is 1. The summed E-state index contributed by atoms with van der Waals surface area (Å²) in [5.74, 6) is 1.91. The lowest BCUT2D eigenvalue weighted by molar-refractivity contribution is -0.138. The van der Waals surface area contributed by atoms with Gasteiger partial charge in [-0.15, -0.1) is 10.2 Å². The van der Waals surface area contributed by atoms with Crippen molar-refractivity contribution >= 4 is 5.91 Å². The summed E-state index contributed by atoms with van der Waals surface area (Å²) < 4.78 is 11.3. The van der Waals surface area contributed by atoms with Gasteiger partial charge in [0.25, 0.3) is 0 Å². The number of likely N-dealkylation sites (tertiary alicyclic amines) is 1. The van der Waals surface area contributed by atoms with Crippen molar-refractivity contribution in [3.05, 3.63) is 47.2 Å². The second-order valence-corrected chi connectivity index (χ2v) is 8.45. The van der Waals surface area contributed by atoms with E-state index in [2.05, 4.69) is 39.4 Å². The highest BCUT2D eigenvalue weighted by molar-refractivity contribution is 5.79. The van der Waals surface area contributed by atoms with E-state index in [0.29, 0.717) is 30.8 Å². The number of aromatic nitrogens is 2. The van der Waals surface area contributed by atoms with Crippen LogP contribution in [0.5, 0.6) is 0 Å². The zero-order chi connectivity index (χ0) is 19.6. The Morgan fingerprint density at radius 3 is 2.90 bits per heavy atom. The van der Waals surface area contributed by atoms with Crippen molar-refractivity contribution in [1.29, 1.82) is 0 Å². The van der Waals surface area contributed by atoms with E-state index in [-0.39, 0.29) is 11.8 Å². The summed E-state index contributed by atoms with van der Waals surface area (Å²) in [6.45, 7) is 5.34. The van der Waals surface area contributed by atoms with E-state index in [9.17, 15) is 4.79 Å². The van der Waals surface area contributed by atoms with E-state index in [1.54, 1.807) is 0 Å². The molecule has 7 nitrogen and oxygen atoms in total. The molecule has 2 atom stereocenters. The van der Waals surface area contributed by atoms with Crippen molar-refractivity contribution in [3.8, 4) is 0 Å². The van der Waals surface area contributed by atoms with Crippen LogP contribution >= 0.6 is 0 Å². The highest BCUT2D eigenvalue weighted by Gasteiger charge is 2.32. The van der Waals surface area contributed by atoms with E-state index in [0.717, 1.165) is 58.5 Å². The van der Waals surface area contributed by atoms with Crippen molar-refractivity contribution in [2.24, 2.45) is 5.92 Å². The predicted octanol–water partition coefficient (Wildman–Crippen LogP) is 2.37. The Hall–Kier alpha value is -2.25. The molecule has 7 heteroatoms. The summed E-state index contributed by atoms with van der Waals surface area (Å²) in [6.07, 6.45) is 3.88. The maximum absolute atomic E-state index is 13.2. The van der Waals surface area contributed by atoms with Crippen molar-refractivity contribution < 1.29 is 13.9 Å². The largest absolute Gasteiger partial charge is 0.423 e. The summed E-state index contributed by atoms with van der Waals surface area (Å²) in [6, 6.07) is 8.46. The third-order valence-electron chi connectivity index (χ3n) is 6.42. The molecule has 2 fully saturated rings. The van der Waals surface area contributed by atoms with Crippen LogP contribution < -0.4 is 0 Å². The van der Waals surface area contributed by atoms with Crippen molar-refractivity contribution in [2.45, 2.75) is 44.7 Å². The molecule has 0 radical (unpaired) electrons.